The molecule has 0 aromatic heterocycles. The van der Waals surface area contributed by atoms with Gasteiger partial charge in [-0.1, -0.05) is 25.3 Å². The van der Waals surface area contributed by atoms with Crippen LogP contribution in [0, 0.1) is 11.7 Å². The van der Waals surface area contributed by atoms with Gasteiger partial charge in [0.25, 0.3) is 0 Å². The highest BCUT2D eigenvalue weighted by Crippen LogP contribution is 2.29. The van der Waals surface area contributed by atoms with Crippen LogP contribution in [-0.4, -0.2) is 29.3 Å². The Bertz CT molecular complexity index is 570. The van der Waals surface area contributed by atoms with Crippen molar-refractivity contribution in [2.24, 2.45) is 5.92 Å². The van der Waals surface area contributed by atoms with Crippen LogP contribution < -0.4 is 5.32 Å². The molecule has 118 valence electrons. The van der Waals surface area contributed by atoms with Gasteiger partial charge in [-0.25, -0.2) is 4.39 Å². The zero-order chi connectivity index (χ0) is 15.5. The van der Waals surface area contributed by atoms with Crippen molar-refractivity contribution in [2.75, 3.05) is 11.9 Å². The van der Waals surface area contributed by atoms with E-state index in [1.54, 1.807) is 12.1 Å². The Labute approximate surface area is 129 Å². The molecule has 1 N–H and O–H groups in total. The zero-order valence-corrected chi connectivity index (χ0v) is 12.6. The molecule has 4 nitrogen and oxygen atoms in total. The van der Waals surface area contributed by atoms with Gasteiger partial charge in [-0.3, -0.25) is 9.59 Å². The number of hydrogen-bond donors (Lipinski definition) is 1. The lowest BCUT2D eigenvalue weighted by Crippen LogP contribution is -2.38. The van der Waals surface area contributed by atoms with E-state index in [1.807, 2.05) is 4.90 Å². The minimum atomic E-state index is -0.385. The first-order valence-electron chi connectivity index (χ1n) is 7.99. The van der Waals surface area contributed by atoms with Crippen LogP contribution in [0.4, 0.5) is 10.1 Å². The number of amides is 2. The molecule has 5 heteroatoms. The van der Waals surface area contributed by atoms with Crippen molar-refractivity contribution in [3.63, 3.8) is 0 Å². The number of likely N-dealkylation sites (tertiary alicyclic amines) is 1. The van der Waals surface area contributed by atoms with Crippen molar-refractivity contribution in [1.82, 2.24) is 4.90 Å². The van der Waals surface area contributed by atoms with Crippen LogP contribution in [-0.2, 0) is 9.59 Å². The fourth-order valence-corrected chi connectivity index (χ4v) is 3.46. The molecule has 1 aromatic rings. The lowest BCUT2D eigenvalue weighted by Gasteiger charge is -2.31. The second kappa shape index (κ2) is 6.46. The van der Waals surface area contributed by atoms with E-state index >= 15 is 0 Å². The molecule has 1 saturated carbocycles. The molecule has 22 heavy (non-hydrogen) atoms. The molecule has 1 atom stereocenters. The average Bonchev–Trinajstić information content (AvgIpc) is 2.90. The number of anilines is 1. The quantitative estimate of drug-likeness (QED) is 0.933. The number of halogens is 1. The van der Waals surface area contributed by atoms with Crippen LogP contribution in [0.5, 0.6) is 0 Å². The maximum absolute atomic E-state index is 13.1. The predicted octanol–water partition coefficient (Wildman–Crippen LogP) is 2.95. The molecule has 1 aliphatic carbocycles. The molecular formula is C17H21FN2O2. The summed E-state index contributed by atoms with van der Waals surface area (Å²) in [7, 11) is 0. The minimum Gasteiger partial charge on any atom is -0.339 e. The van der Waals surface area contributed by atoms with Crippen molar-refractivity contribution in [3.8, 4) is 0 Å². The highest BCUT2D eigenvalue weighted by Gasteiger charge is 2.38. The number of carbonyl (C=O) groups excluding carboxylic acids is 2. The van der Waals surface area contributed by atoms with Crippen LogP contribution in [0.2, 0.25) is 0 Å². The molecule has 0 radical (unpaired) electrons. The zero-order valence-electron chi connectivity index (χ0n) is 12.6. The number of benzene rings is 1. The Kier molecular flexibility index (Phi) is 4.41. The molecule has 1 heterocycles. The highest BCUT2D eigenvalue weighted by molar-refractivity contribution is 5.97. The maximum atomic E-state index is 13.1. The van der Waals surface area contributed by atoms with Gasteiger partial charge in [0, 0.05) is 24.7 Å². The smallest absolute Gasteiger partial charge is 0.229 e. The summed E-state index contributed by atoms with van der Waals surface area (Å²) in [5.41, 5.74) is 0.438. The molecule has 1 aromatic carbocycles. The van der Waals surface area contributed by atoms with E-state index in [4.69, 9.17) is 0 Å². The molecule has 2 aliphatic rings. The summed E-state index contributed by atoms with van der Waals surface area (Å²) in [6, 6.07) is 6.12. The Morgan fingerprint density at radius 1 is 1.23 bits per heavy atom. The largest absolute Gasteiger partial charge is 0.339 e. The van der Waals surface area contributed by atoms with Gasteiger partial charge in [0.2, 0.25) is 11.8 Å². The fourth-order valence-electron chi connectivity index (χ4n) is 3.46. The minimum absolute atomic E-state index is 0.0753. The second-order valence-corrected chi connectivity index (χ2v) is 6.24. The van der Waals surface area contributed by atoms with Crippen LogP contribution in [0.25, 0.3) is 0 Å². The molecular weight excluding hydrogens is 283 g/mol. The lowest BCUT2D eigenvalue weighted by atomic mass is 9.94. The highest BCUT2D eigenvalue weighted by atomic mass is 19.1. The van der Waals surface area contributed by atoms with Crippen LogP contribution in [0.3, 0.4) is 0 Å². The molecule has 0 bridgehead atoms. The fraction of sp³-hybridized carbons (Fsp3) is 0.529. The standard InChI is InChI=1S/C17H21FN2O2/c18-13-5-4-6-14(10-13)19-17(22)12-9-16(21)20(11-12)15-7-2-1-3-8-15/h4-6,10,12,15H,1-3,7-9,11H2,(H,19,22)/t12-/m0/s1. The van der Waals surface area contributed by atoms with Gasteiger partial charge in [-0.15, -0.1) is 0 Å². The van der Waals surface area contributed by atoms with Crippen LogP contribution >= 0.6 is 0 Å². The number of nitrogens with one attached hydrogen (secondary N) is 1. The third-order valence-electron chi connectivity index (χ3n) is 4.64. The molecule has 1 saturated heterocycles. The normalized spacial score (nSPS) is 22.9. The molecule has 0 spiro atoms. The Balaban J connectivity index is 1.61. The van der Waals surface area contributed by atoms with Gasteiger partial charge >= 0.3 is 0 Å². The summed E-state index contributed by atoms with van der Waals surface area (Å²) < 4.78 is 13.1. The van der Waals surface area contributed by atoms with Crippen molar-refractivity contribution in [3.05, 3.63) is 30.1 Å². The predicted molar refractivity (Wildman–Crippen MR) is 81.7 cm³/mol. The summed E-state index contributed by atoms with van der Waals surface area (Å²) in [6.45, 7) is 0.491. The van der Waals surface area contributed by atoms with Crippen molar-refractivity contribution in [1.29, 1.82) is 0 Å². The van der Waals surface area contributed by atoms with Gasteiger partial charge in [0.1, 0.15) is 5.82 Å². The van der Waals surface area contributed by atoms with Gasteiger partial charge in [-0.05, 0) is 31.0 Å². The van der Waals surface area contributed by atoms with Gasteiger partial charge in [-0.2, -0.15) is 0 Å². The Hall–Kier alpha value is -1.91. The van der Waals surface area contributed by atoms with E-state index in [9.17, 15) is 14.0 Å². The Morgan fingerprint density at radius 3 is 2.73 bits per heavy atom. The first kappa shape index (κ1) is 15.0. The average molecular weight is 304 g/mol. The lowest BCUT2D eigenvalue weighted by molar-refractivity contribution is -0.130. The molecule has 3 rings (SSSR count). The van der Waals surface area contributed by atoms with Crippen molar-refractivity contribution in [2.45, 2.75) is 44.6 Å². The van der Waals surface area contributed by atoms with Crippen LogP contribution in [0.1, 0.15) is 38.5 Å². The van der Waals surface area contributed by atoms with Gasteiger partial charge < -0.3 is 10.2 Å². The van der Waals surface area contributed by atoms with E-state index in [0.29, 0.717) is 18.3 Å². The number of hydrogen-bond acceptors (Lipinski definition) is 2. The molecule has 0 unspecified atom stereocenters. The van der Waals surface area contributed by atoms with E-state index < -0.39 is 0 Å². The summed E-state index contributed by atoms with van der Waals surface area (Å²) in [5, 5.41) is 2.71. The van der Waals surface area contributed by atoms with E-state index in [1.165, 1.54) is 18.6 Å². The first-order valence-corrected chi connectivity index (χ1v) is 7.99. The Morgan fingerprint density at radius 2 is 2.00 bits per heavy atom. The van der Waals surface area contributed by atoms with E-state index in [-0.39, 0.29) is 30.0 Å². The van der Waals surface area contributed by atoms with Gasteiger partial charge in [0.15, 0.2) is 0 Å². The van der Waals surface area contributed by atoms with Crippen molar-refractivity contribution >= 4 is 17.5 Å². The summed E-state index contributed by atoms with van der Waals surface area (Å²) in [5.74, 6) is -0.842. The number of rotatable bonds is 3. The van der Waals surface area contributed by atoms with E-state index in [0.717, 1.165) is 25.7 Å². The van der Waals surface area contributed by atoms with E-state index in [2.05, 4.69) is 5.32 Å². The summed E-state index contributed by atoms with van der Waals surface area (Å²) >= 11 is 0. The third-order valence-corrected chi connectivity index (χ3v) is 4.64. The molecule has 1 aliphatic heterocycles. The summed E-state index contributed by atoms with van der Waals surface area (Å²) in [6.07, 6.45) is 5.91. The molecule has 2 amide bonds. The molecule has 2 fully saturated rings. The number of nitrogens with zero attached hydrogens (tertiary/aromatic N) is 1. The van der Waals surface area contributed by atoms with Crippen molar-refractivity contribution < 1.29 is 14.0 Å². The third kappa shape index (κ3) is 3.29. The van der Waals surface area contributed by atoms with Crippen LogP contribution in [0.15, 0.2) is 24.3 Å². The summed E-state index contributed by atoms with van der Waals surface area (Å²) in [4.78, 5) is 26.4. The number of carbonyl (C=O) groups is 2. The monoisotopic (exact) mass is 304 g/mol. The van der Waals surface area contributed by atoms with Gasteiger partial charge in [0.05, 0.1) is 5.92 Å². The second-order valence-electron chi connectivity index (χ2n) is 6.24. The SMILES string of the molecule is O=C(Nc1cccc(F)c1)[C@H]1CC(=O)N(C2CCCCC2)C1. The first-order chi connectivity index (χ1) is 10.6. The topological polar surface area (TPSA) is 49.4 Å². The maximum Gasteiger partial charge on any atom is 0.229 e.